The maximum Gasteiger partial charge on any atom is 0.306 e. The Labute approximate surface area is 100 Å². The molecule has 6 heteroatoms. The van der Waals surface area contributed by atoms with Crippen molar-refractivity contribution >= 4 is 17.8 Å². The van der Waals surface area contributed by atoms with Gasteiger partial charge in [-0.05, 0) is 13.3 Å². The number of primary amides is 1. The number of amides is 2. The van der Waals surface area contributed by atoms with Gasteiger partial charge in [-0.15, -0.1) is 6.58 Å². The Morgan fingerprint density at radius 3 is 2.53 bits per heavy atom. The minimum Gasteiger partial charge on any atom is -0.466 e. The third kappa shape index (κ3) is 7.10. The van der Waals surface area contributed by atoms with Crippen LogP contribution in [-0.4, -0.2) is 30.4 Å². The molecule has 0 aromatic rings. The van der Waals surface area contributed by atoms with Gasteiger partial charge in [-0.2, -0.15) is 0 Å². The lowest BCUT2D eigenvalue weighted by molar-refractivity contribution is -0.144. The Kier molecular flexibility index (Phi) is 7.41. The average Bonchev–Trinajstić information content (AvgIpc) is 2.26. The van der Waals surface area contributed by atoms with Crippen molar-refractivity contribution in [1.29, 1.82) is 0 Å². The number of hydrogen-bond donors (Lipinski definition) is 2. The molecule has 0 spiro atoms. The molecule has 0 saturated carbocycles. The fourth-order valence-electron chi connectivity index (χ4n) is 1.13. The predicted octanol–water partition coefficient (Wildman–Crippen LogP) is -0.124. The van der Waals surface area contributed by atoms with Crippen LogP contribution < -0.4 is 11.1 Å². The molecule has 1 atom stereocenters. The number of hydrogen-bond acceptors (Lipinski definition) is 4. The van der Waals surface area contributed by atoms with E-state index in [9.17, 15) is 14.4 Å². The van der Waals surface area contributed by atoms with Crippen molar-refractivity contribution in [3.8, 4) is 0 Å². The summed E-state index contributed by atoms with van der Waals surface area (Å²) in [5, 5.41) is 2.42. The number of ether oxygens (including phenoxy) is 1. The first-order valence-corrected chi connectivity index (χ1v) is 5.36. The summed E-state index contributed by atoms with van der Waals surface area (Å²) in [6.07, 6.45) is 1.71. The van der Waals surface area contributed by atoms with E-state index in [0.717, 1.165) is 0 Å². The molecule has 6 nitrogen and oxygen atoms in total. The molecule has 0 saturated heterocycles. The SMILES string of the molecule is C=CC[C@H](NC(=O)CCC(=O)OCC)C(N)=O. The zero-order chi connectivity index (χ0) is 13.3. The number of esters is 1. The molecule has 96 valence electrons. The second-order valence-electron chi connectivity index (χ2n) is 3.35. The topological polar surface area (TPSA) is 98.5 Å². The minimum atomic E-state index is -0.776. The van der Waals surface area contributed by atoms with E-state index in [1.54, 1.807) is 6.92 Å². The molecule has 0 aliphatic carbocycles. The normalized spacial score (nSPS) is 11.4. The molecule has 2 amide bonds. The van der Waals surface area contributed by atoms with Crippen LogP contribution in [0.1, 0.15) is 26.2 Å². The molecule has 0 aliphatic heterocycles. The van der Waals surface area contributed by atoms with E-state index in [4.69, 9.17) is 5.73 Å². The molecule has 0 bridgehead atoms. The Bertz CT molecular complexity index is 302. The highest BCUT2D eigenvalue weighted by Gasteiger charge is 2.16. The zero-order valence-electron chi connectivity index (χ0n) is 9.90. The highest BCUT2D eigenvalue weighted by molar-refractivity contribution is 5.88. The minimum absolute atomic E-state index is 0.0146. The molecule has 3 N–H and O–H groups in total. The Balaban J connectivity index is 4.02. The van der Waals surface area contributed by atoms with Crippen molar-refractivity contribution in [1.82, 2.24) is 5.32 Å². The molecular weight excluding hydrogens is 224 g/mol. The van der Waals surface area contributed by atoms with Gasteiger partial charge in [0.05, 0.1) is 13.0 Å². The summed E-state index contributed by atoms with van der Waals surface area (Å²) in [7, 11) is 0. The van der Waals surface area contributed by atoms with Gasteiger partial charge in [0.25, 0.3) is 0 Å². The average molecular weight is 242 g/mol. The van der Waals surface area contributed by atoms with Crippen molar-refractivity contribution < 1.29 is 19.1 Å². The molecule has 0 heterocycles. The van der Waals surface area contributed by atoms with E-state index >= 15 is 0 Å². The fraction of sp³-hybridized carbons (Fsp3) is 0.545. The quantitative estimate of drug-likeness (QED) is 0.457. The smallest absolute Gasteiger partial charge is 0.306 e. The van der Waals surface area contributed by atoms with Crippen molar-refractivity contribution in [3.63, 3.8) is 0 Å². The van der Waals surface area contributed by atoms with Crippen LogP contribution in [-0.2, 0) is 19.1 Å². The lowest BCUT2D eigenvalue weighted by atomic mass is 10.2. The molecule has 17 heavy (non-hydrogen) atoms. The van der Waals surface area contributed by atoms with Crippen molar-refractivity contribution in [2.45, 2.75) is 32.2 Å². The summed E-state index contributed by atoms with van der Waals surface area (Å²) in [6.45, 7) is 5.42. The maximum atomic E-state index is 11.4. The van der Waals surface area contributed by atoms with Gasteiger partial charge in [0.15, 0.2) is 0 Å². The third-order valence-electron chi connectivity index (χ3n) is 1.94. The summed E-state index contributed by atoms with van der Waals surface area (Å²) < 4.78 is 4.67. The molecule has 0 fully saturated rings. The highest BCUT2D eigenvalue weighted by Crippen LogP contribution is 1.97. The summed E-state index contributed by atoms with van der Waals surface area (Å²) in [6, 6.07) is -0.776. The van der Waals surface area contributed by atoms with Crippen LogP contribution in [0.15, 0.2) is 12.7 Å². The van der Waals surface area contributed by atoms with Gasteiger partial charge < -0.3 is 15.8 Å². The summed E-state index contributed by atoms with van der Waals surface area (Å²) in [5.41, 5.74) is 5.08. The van der Waals surface area contributed by atoms with E-state index in [2.05, 4.69) is 16.6 Å². The molecule has 0 aromatic carbocycles. The van der Waals surface area contributed by atoms with Crippen LogP contribution in [0.3, 0.4) is 0 Å². The molecule has 0 radical (unpaired) electrons. The number of nitrogens with one attached hydrogen (secondary N) is 1. The first kappa shape index (κ1) is 15.2. The van der Waals surface area contributed by atoms with Crippen molar-refractivity contribution in [3.05, 3.63) is 12.7 Å². The van der Waals surface area contributed by atoms with Crippen LogP contribution in [0.2, 0.25) is 0 Å². The first-order valence-electron chi connectivity index (χ1n) is 5.36. The molecule has 0 rings (SSSR count). The summed E-state index contributed by atoms with van der Waals surface area (Å²) in [4.78, 5) is 33.3. The fourth-order valence-corrected chi connectivity index (χ4v) is 1.13. The van der Waals surface area contributed by atoms with Gasteiger partial charge in [-0.25, -0.2) is 0 Å². The van der Waals surface area contributed by atoms with E-state index in [0.29, 0.717) is 0 Å². The van der Waals surface area contributed by atoms with Crippen LogP contribution in [0.5, 0.6) is 0 Å². The van der Waals surface area contributed by atoms with Gasteiger partial charge in [0.1, 0.15) is 6.04 Å². The van der Waals surface area contributed by atoms with Gasteiger partial charge >= 0.3 is 5.97 Å². The molecular formula is C11H18N2O4. The van der Waals surface area contributed by atoms with Crippen LogP contribution >= 0.6 is 0 Å². The summed E-state index contributed by atoms with van der Waals surface area (Å²) >= 11 is 0. The van der Waals surface area contributed by atoms with Crippen LogP contribution in [0.4, 0.5) is 0 Å². The summed E-state index contributed by atoms with van der Waals surface area (Å²) in [5.74, 6) is -1.49. The van der Waals surface area contributed by atoms with Crippen LogP contribution in [0.25, 0.3) is 0 Å². The van der Waals surface area contributed by atoms with E-state index in [1.165, 1.54) is 6.08 Å². The van der Waals surface area contributed by atoms with E-state index in [1.807, 2.05) is 0 Å². The number of carbonyl (C=O) groups is 3. The monoisotopic (exact) mass is 242 g/mol. The Morgan fingerprint density at radius 1 is 1.41 bits per heavy atom. The van der Waals surface area contributed by atoms with Gasteiger partial charge in [-0.3, -0.25) is 14.4 Å². The zero-order valence-corrected chi connectivity index (χ0v) is 9.90. The van der Waals surface area contributed by atoms with Gasteiger partial charge in [0.2, 0.25) is 11.8 Å². The number of nitrogens with two attached hydrogens (primary N) is 1. The van der Waals surface area contributed by atoms with Gasteiger partial charge in [-0.1, -0.05) is 6.08 Å². The highest BCUT2D eigenvalue weighted by atomic mass is 16.5. The molecule has 0 aliphatic rings. The maximum absolute atomic E-state index is 11.4. The molecule has 0 aromatic heterocycles. The number of carbonyl (C=O) groups excluding carboxylic acids is 3. The van der Waals surface area contributed by atoms with Crippen LogP contribution in [0, 0.1) is 0 Å². The third-order valence-corrected chi connectivity index (χ3v) is 1.94. The standard InChI is InChI=1S/C11H18N2O4/c1-3-5-8(11(12)16)13-9(14)6-7-10(15)17-4-2/h3,8H,1,4-7H2,2H3,(H2,12,16)(H,13,14)/t8-/m0/s1. The van der Waals surface area contributed by atoms with Gasteiger partial charge in [0, 0.05) is 6.42 Å². The van der Waals surface area contributed by atoms with E-state index < -0.39 is 23.8 Å². The second-order valence-corrected chi connectivity index (χ2v) is 3.35. The Morgan fingerprint density at radius 2 is 2.06 bits per heavy atom. The lowest BCUT2D eigenvalue weighted by Crippen LogP contribution is -2.44. The Hall–Kier alpha value is -1.85. The predicted molar refractivity (Wildman–Crippen MR) is 61.8 cm³/mol. The lowest BCUT2D eigenvalue weighted by Gasteiger charge is -2.13. The first-order chi connectivity index (χ1) is 8.01. The molecule has 0 unspecified atom stereocenters. The second kappa shape index (κ2) is 8.32. The largest absolute Gasteiger partial charge is 0.466 e. The van der Waals surface area contributed by atoms with Crippen molar-refractivity contribution in [2.75, 3.05) is 6.61 Å². The van der Waals surface area contributed by atoms with E-state index in [-0.39, 0.29) is 25.9 Å². The number of rotatable bonds is 8. The van der Waals surface area contributed by atoms with Crippen molar-refractivity contribution in [2.24, 2.45) is 5.73 Å².